The van der Waals surface area contributed by atoms with Gasteiger partial charge < -0.3 is 13.8 Å². The molecule has 2 aliphatic rings. The fraction of sp³-hybridized carbons (Fsp3) is 0.522. The van der Waals surface area contributed by atoms with Crippen LogP contribution < -0.4 is 0 Å². The molecule has 158 valence electrons. The van der Waals surface area contributed by atoms with Gasteiger partial charge in [0.1, 0.15) is 6.10 Å². The predicted octanol–water partition coefficient (Wildman–Crippen LogP) is 3.75. The topological polar surface area (TPSA) is 73.4 Å². The van der Waals surface area contributed by atoms with E-state index in [1.807, 2.05) is 30.6 Å². The van der Waals surface area contributed by atoms with Crippen LogP contribution in [0.5, 0.6) is 0 Å². The normalized spacial score (nSPS) is 21.7. The Bertz CT molecular complexity index is 1050. The molecule has 1 atom stereocenters. The lowest BCUT2D eigenvalue weighted by molar-refractivity contribution is -0.151. The molecule has 7 heteroatoms. The van der Waals surface area contributed by atoms with Crippen LogP contribution in [0.15, 0.2) is 41.2 Å². The van der Waals surface area contributed by atoms with Gasteiger partial charge in [0.25, 0.3) is 0 Å². The Morgan fingerprint density at radius 3 is 2.80 bits per heavy atom. The number of piperidine rings is 1. The molecule has 5 rings (SSSR count). The second kappa shape index (κ2) is 7.54. The first-order valence-corrected chi connectivity index (χ1v) is 10.8. The number of nitrogens with zero attached hydrogens (tertiary/aromatic N) is 4. The molecule has 0 aliphatic carbocycles. The summed E-state index contributed by atoms with van der Waals surface area (Å²) >= 11 is 0. The van der Waals surface area contributed by atoms with E-state index < -0.39 is 0 Å². The van der Waals surface area contributed by atoms with E-state index in [1.165, 1.54) is 0 Å². The van der Waals surface area contributed by atoms with E-state index in [-0.39, 0.29) is 17.5 Å². The maximum Gasteiger partial charge on any atom is 0.312 e. The van der Waals surface area contributed by atoms with Gasteiger partial charge in [-0.2, -0.15) is 0 Å². The van der Waals surface area contributed by atoms with Crippen LogP contribution in [0, 0.1) is 5.41 Å². The highest BCUT2D eigenvalue weighted by molar-refractivity contribution is 5.79. The highest BCUT2D eigenvalue weighted by Gasteiger charge is 2.50. The number of carbonyl (C=O) groups excluding carboxylic acids is 1. The number of carbonyl (C=O) groups is 1. The zero-order chi connectivity index (χ0) is 20.7. The number of rotatable bonds is 5. The van der Waals surface area contributed by atoms with Crippen LogP contribution in [0.3, 0.4) is 0 Å². The third-order valence-electron chi connectivity index (χ3n) is 6.61. The zero-order valence-electron chi connectivity index (χ0n) is 17.6. The van der Waals surface area contributed by atoms with Crippen molar-refractivity contribution in [2.75, 3.05) is 13.1 Å². The lowest BCUT2D eigenvalue weighted by Crippen LogP contribution is -2.42. The Labute approximate surface area is 176 Å². The molecule has 0 saturated carbocycles. The summed E-state index contributed by atoms with van der Waals surface area (Å²) in [6, 6.07) is 10.1. The molecule has 30 heavy (non-hydrogen) atoms. The molecule has 2 fully saturated rings. The molecule has 0 N–H and O–H groups in total. The Hall–Kier alpha value is -2.67. The first-order valence-electron chi connectivity index (χ1n) is 10.8. The van der Waals surface area contributed by atoms with Crippen LogP contribution in [0.4, 0.5) is 0 Å². The molecule has 1 spiro atoms. The van der Waals surface area contributed by atoms with Crippen molar-refractivity contribution in [3.63, 3.8) is 0 Å². The third-order valence-corrected chi connectivity index (χ3v) is 6.61. The van der Waals surface area contributed by atoms with Gasteiger partial charge in [0, 0.05) is 12.5 Å². The maximum atomic E-state index is 12.8. The second-order valence-electron chi connectivity index (χ2n) is 9.05. The third kappa shape index (κ3) is 3.51. The molecule has 0 radical (unpaired) electrons. The summed E-state index contributed by atoms with van der Waals surface area (Å²) in [7, 11) is 0. The largest absolute Gasteiger partial charge is 0.460 e. The van der Waals surface area contributed by atoms with Gasteiger partial charge in [0.2, 0.25) is 0 Å². The van der Waals surface area contributed by atoms with E-state index in [0.29, 0.717) is 12.5 Å². The lowest BCUT2D eigenvalue weighted by atomic mass is 9.76. The first kappa shape index (κ1) is 19.3. The van der Waals surface area contributed by atoms with E-state index in [2.05, 4.69) is 39.5 Å². The van der Waals surface area contributed by atoms with E-state index in [9.17, 15) is 4.79 Å². The number of benzene rings is 1. The molecule has 0 bridgehead atoms. The van der Waals surface area contributed by atoms with E-state index in [0.717, 1.165) is 61.4 Å². The van der Waals surface area contributed by atoms with Crippen molar-refractivity contribution in [3.05, 3.63) is 48.1 Å². The number of para-hydroxylation sites is 2. The molecule has 1 unspecified atom stereocenters. The molecule has 2 aromatic heterocycles. The molecule has 0 amide bonds. The van der Waals surface area contributed by atoms with E-state index >= 15 is 0 Å². The molecule has 4 heterocycles. The minimum Gasteiger partial charge on any atom is -0.460 e. The van der Waals surface area contributed by atoms with Gasteiger partial charge in [-0.3, -0.25) is 9.69 Å². The summed E-state index contributed by atoms with van der Waals surface area (Å²) in [5.74, 6) is 1.23. The average molecular weight is 409 g/mol. The van der Waals surface area contributed by atoms with Crippen LogP contribution in [-0.2, 0) is 22.6 Å². The number of likely N-dealkylation sites (tertiary alicyclic amines) is 1. The van der Waals surface area contributed by atoms with Crippen molar-refractivity contribution in [2.24, 2.45) is 5.41 Å². The quantitative estimate of drug-likeness (QED) is 0.599. The summed E-state index contributed by atoms with van der Waals surface area (Å²) in [6.45, 7) is 7.37. The van der Waals surface area contributed by atoms with Gasteiger partial charge in [0.15, 0.2) is 5.76 Å². The molecular weight excluding hydrogens is 380 g/mol. The number of imidazole rings is 1. The number of hydrogen-bond donors (Lipinski definition) is 0. The van der Waals surface area contributed by atoms with Gasteiger partial charge in [-0.05, 0) is 44.0 Å². The van der Waals surface area contributed by atoms with Crippen molar-refractivity contribution in [2.45, 2.75) is 58.2 Å². The van der Waals surface area contributed by atoms with Gasteiger partial charge in [-0.1, -0.05) is 31.1 Å². The van der Waals surface area contributed by atoms with Crippen molar-refractivity contribution in [3.8, 4) is 0 Å². The summed E-state index contributed by atoms with van der Waals surface area (Å²) in [6.07, 6.45) is 4.20. The molecule has 1 aromatic carbocycles. The van der Waals surface area contributed by atoms with E-state index in [4.69, 9.17) is 9.26 Å². The standard InChI is InChI=1S/C23H28N4O3/c1-16(2)20-11-17(30-25-20)13-26-9-7-23(8-10-26)12-18(29-22(23)28)14-27-15-24-19-5-3-4-6-21(19)27/h3-6,11,15-16,18H,7-10,12-14H2,1-2H3. The van der Waals surface area contributed by atoms with Crippen molar-refractivity contribution < 1.29 is 14.1 Å². The number of hydrogen-bond acceptors (Lipinski definition) is 6. The predicted molar refractivity (Wildman–Crippen MR) is 112 cm³/mol. The zero-order valence-corrected chi connectivity index (χ0v) is 17.6. The van der Waals surface area contributed by atoms with Crippen LogP contribution in [0.1, 0.15) is 50.5 Å². The van der Waals surface area contributed by atoms with Crippen molar-refractivity contribution >= 4 is 17.0 Å². The molecule has 7 nitrogen and oxygen atoms in total. The SMILES string of the molecule is CC(C)c1cc(CN2CCC3(CC2)CC(Cn2cnc4ccccc42)OC3=O)on1. The average Bonchev–Trinajstić information content (AvgIpc) is 3.43. The van der Waals surface area contributed by atoms with Crippen molar-refractivity contribution in [1.82, 2.24) is 19.6 Å². The van der Waals surface area contributed by atoms with Crippen molar-refractivity contribution in [1.29, 1.82) is 0 Å². The van der Waals surface area contributed by atoms with Gasteiger partial charge in [-0.15, -0.1) is 0 Å². The fourth-order valence-electron chi connectivity index (χ4n) is 4.76. The van der Waals surface area contributed by atoms with Gasteiger partial charge in [0.05, 0.1) is 41.6 Å². The van der Waals surface area contributed by atoms with E-state index in [1.54, 1.807) is 0 Å². The Balaban J connectivity index is 1.20. The minimum absolute atomic E-state index is 0.0293. The van der Waals surface area contributed by atoms with Crippen LogP contribution in [-0.4, -0.2) is 44.8 Å². The summed E-state index contributed by atoms with van der Waals surface area (Å²) in [4.78, 5) is 19.6. The molecular formula is C23H28N4O3. The molecule has 2 aliphatic heterocycles. The second-order valence-corrected chi connectivity index (χ2v) is 9.05. The van der Waals surface area contributed by atoms with Crippen LogP contribution in [0.2, 0.25) is 0 Å². The Morgan fingerprint density at radius 2 is 2.03 bits per heavy atom. The molecule has 2 saturated heterocycles. The number of esters is 1. The lowest BCUT2D eigenvalue weighted by Gasteiger charge is -2.36. The van der Waals surface area contributed by atoms with Gasteiger partial charge >= 0.3 is 5.97 Å². The van der Waals surface area contributed by atoms with Gasteiger partial charge in [-0.25, -0.2) is 4.98 Å². The van der Waals surface area contributed by atoms with Crippen LogP contribution in [0.25, 0.3) is 11.0 Å². The smallest absolute Gasteiger partial charge is 0.312 e. The number of ether oxygens (including phenoxy) is 1. The van der Waals surface area contributed by atoms with Crippen LogP contribution >= 0.6 is 0 Å². The number of fused-ring (bicyclic) bond motifs is 1. The first-order chi connectivity index (χ1) is 14.5. The highest BCUT2D eigenvalue weighted by atomic mass is 16.6. The highest BCUT2D eigenvalue weighted by Crippen LogP contribution is 2.43. The molecule has 3 aromatic rings. The fourth-order valence-corrected chi connectivity index (χ4v) is 4.76. The number of cyclic esters (lactones) is 1. The minimum atomic E-state index is -0.345. The Kier molecular flexibility index (Phi) is 4.85. The summed E-state index contributed by atoms with van der Waals surface area (Å²) in [5.41, 5.74) is 2.70. The summed E-state index contributed by atoms with van der Waals surface area (Å²) in [5, 5.41) is 4.15. The Morgan fingerprint density at radius 1 is 1.23 bits per heavy atom. The summed E-state index contributed by atoms with van der Waals surface area (Å²) < 4.78 is 13.4. The maximum absolute atomic E-state index is 12.8. The monoisotopic (exact) mass is 408 g/mol. The number of aromatic nitrogens is 3.